The van der Waals surface area contributed by atoms with Gasteiger partial charge in [0, 0.05) is 37.9 Å². The highest BCUT2D eigenvalue weighted by atomic mass is 16.2. The Hall–Kier alpha value is -1.39. The number of hydrogen-bond donors (Lipinski definition) is 0. The summed E-state index contributed by atoms with van der Waals surface area (Å²) in [6.45, 7) is 2.88. The third-order valence-corrected chi connectivity index (χ3v) is 7.29. The Morgan fingerprint density at radius 3 is 2.76 bits per heavy atom. The predicted octanol–water partition coefficient (Wildman–Crippen LogP) is 3.15. The van der Waals surface area contributed by atoms with Crippen LogP contribution < -0.4 is 0 Å². The average Bonchev–Trinajstić information content (AvgIpc) is 3.34. The minimum absolute atomic E-state index is 0.327. The molecule has 25 heavy (non-hydrogen) atoms. The zero-order valence-corrected chi connectivity index (χ0v) is 15.2. The van der Waals surface area contributed by atoms with Gasteiger partial charge in [-0.05, 0) is 56.8 Å². The van der Waals surface area contributed by atoms with Crippen LogP contribution in [0.5, 0.6) is 0 Å². The van der Waals surface area contributed by atoms with Crippen LogP contribution in [0.25, 0.3) is 0 Å². The van der Waals surface area contributed by atoms with Crippen LogP contribution in [0.15, 0.2) is 0 Å². The molecule has 3 fully saturated rings. The number of nitrogens with zero attached hydrogens (tertiary/aromatic N) is 4. The second-order valence-electron chi connectivity index (χ2n) is 8.84. The van der Waals surface area contributed by atoms with E-state index in [0.717, 1.165) is 57.1 Å². The SMILES string of the molecule is O=C([C@@H]1C[C@@H]2CC[C@@H]1C2)N1CCC[C@H](c2nnc3n2CCCCC3)C1. The van der Waals surface area contributed by atoms with Gasteiger partial charge in [0.05, 0.1) is 0 Å². The molecule has 0 N–H and O–H groups in total. The van der Waals surface area contributed by atoms with E-state index in [2.05, 4.69) is 19.7 Å². The summed E-state index contributed by atoms with van der Waals surface area (Å²) in [5, 5.41) is 9.05. The fourth-order valence-electron chi connectivity index (χ4n) is 5.98. The molecule has 1 aromatic heterocycles. The molecular weight excluding hydrogens is 312 g/mol. The molecule has 4 atom stereocenters. The van der Waals surface area contributed by atoms with Crippen LogP contribution in [0.4, 0.5) is 0 Å². The lowest BCUT2D eigenvalue weighted by molar-refractivity contribution is -0.138. The van der Waals surface area contributed by atoms with E-state index in [1.165, 1.54) is 44.3 Å². The molecular formula is C20H30N4O. The lowest BCUT2D eigenvalue weighted by Gasteiger charge is -2.35. The van der Waals surface area contributed by atoms with Gasteiger partial charge in [0.2, 0.25) is 5.91 Å². The van der Waals surface area contributed by atoms with E-state index < -0.39 is 0 Å². The van der Waals surface area contributed by atoms with Gasteiger partial charge < -0.3 is 9.47 Å². The van der Waals surface area contributed by atoms with Crippen LogP contribution in [-0.2, 0) is 17.8 Å². The molecule has 0 unspecified atom stereocenters. The molecule has 5 nitrogen and oxygen atoms in total. The number of aromatic nitrogens is 3. The molecule has 2 aliphatic carbocycles. The Morgan fingerprint density at radius 2 is 1.92 bits per heavy atom. The first-order valence-corrected chi connectivity index (χ1v) is 10.5. The number of hydrogen-bond acceptors (Lipinski definition) is 3. The number of fused-ring (bicyclic) bond motifs is 3. The van der Waals surface area contributed by atoms with E-state index in [-0.39, 0.29) is 0 Å². The van der Waals surface area contributed by atoms with Crippen molar-refractivity contribution in [3.63, 3.8) is 0 Å². The Kier molecular flexibility index (Phi) is 4.05. The molecule has 0 spiro atoms. The fourth-order valence-corrected chi connectivity index (χ4v) is 5.98. The third-order valence-electron chi connectivity index (χ3n) is 7.29. The van der Waals surface area contributed by atoms with E-state index in [0.29, 0.717) is 23.7 Å². The summed E-state index contributed by atoms with van der Waals surface area (Å²) < 4.78 is 2.38. The molecule has 2 bridgehead atoms. The second-order valence-corrected chi connectivity index (χ2v) is 8.84. The summed E-state index contributed by atoms with van der Waals surface area (Å²) >= 11 is 0. The summed E-state index contributed by atoms with van der Waals surface area (Å²) in [6.07, 6.45) is 12.2. The number of carbonyl (C=O) groups is 1. The number of carbonyl (C=O) groups excluding carboxylic acids is 1. The molecule has 1 amide bonds. The number of aryl methyl sites for hydroxylation is 1. The van der Waals surface area contributed by atoms with Crippen molar-refractivity contribution in [2.75, 3.05) is 13.1 Å². The van der Waals surface area contributed by atoms with E-state index >= 15 is 0 Å². The Balaban J connectivity index is 1.31. The lowest BCUT2D eigenvalue weighted by Crippen LogP contribution is -2.44. The predicted molar refractivity (Wildman–Crippen MR) is 95.1 cm³/mol. The van der Waals surface area contributed by atoms with Gasteiger partial charge in [-0.1, -0.05) is 12.8 Å². The number of rotatable bonds is 2. The average molecular weight is 342 g/mol. The van der Waals surface area contributed by atoms with Gasteiger partial charge in [-0.15, -0.1) is 10.2 Å². The normalized spacial score (nSPS) is 34.8. The summed E-state index contributed by atoms with van der Waals surface area (Å²) in [7, 11) is 0. The molecule has 0 aromatic carbocycles. The second kappa shape index (κ2) is 6.40. The molecule has 1 saturated heterocycles. The molecule has 5 heteroatoms. The van der Waals surface area contributed by atoms with Crippen LogP contribution in [-0.4, -0.2) is 38.7 Å². The van der Waals surface area contributed by atoms with Crippen LogP contribution >= 0.6 is 0 Å². The summed E-state index contributed by atoms with van der Waals surface area (Å²) in [6, 6.07) is 0. The topological polar surface area (TPSA) is 51.0 Å². The van der Waals surface area contributed by atoms with Crippen LogP contribution in [0.1, 0.15) is 75.4 Å². The minimum atomic E-state index is 0.327. The molecule has 0 radical (unpaired) electrons. The van der Waals surface area contributed by atoms with Gasteiger partial charge in [0.25, 0.3) is 0 Å². The van der Waals surface area contributed by atoms with Gasteiger partial charge in [-0.3, -0.25) is 4.79 Å². The van der Waals surface area contributed by atoms with Crippen molar-refractivity contribution in [3.8, 4) is 0 Å². The molecule has 3 heterocycles. The van der Waals surface area contributed by atoms with Crippen molar-refractivity contribution in [1.29, 1.82) is 0 Å². The van der Waals surface area contributed by atoms with Crippen molar-refractivity contribution in [2.24, 2.45) is 17.8 Å². The van der Waals surface area contributed by atoms with Gasteiger partial charge in [-0.2, -0.15) is 0 Å². The van der Waals surface area contributed by atoms with Crippen molar-refractivity contribution in [3.05, 3.63) is 11.6 Å². The number of amides is 1. The molecule has 2 aliphatic heterocycles. The van der Waals surface area contributed by atoms with Crippen LogP contribution in [0.2, 0.25) is 0 Å². The highest BCUT2D eigenvalue weighted by molar-refractivity contribution is 5.80. The molecule has 1 aromatic rings. The maximum Gasteiger partial charge on any atom is 0.225 e. The highest BCUT2D eigenvalue weighted by Crippen LogP contribution is 2.49. The first-order chi connectivity index (χ1) is 12.3. The lowest BCUT2D eigenvalue weighted by atomic mass is 9.86. The Bertz CT molecular complexity index is 654. The first-order valence-electron chi connectivity index (χ1n) is 10.5. The fraction of sp³-hybridized carbons (Fsp3) is 0.850. The van der Waals surface area contributed by atoms with E-state index in [1.54, 1.807) is 0 Å². The summed E-state index contributed by atoms with van der Waals surface area (Å²) in [5.41, 5.74) is 0. The largest absolute Gasteiger partial charge is 0.342 e. The van der Waals surface area contributed by atoms with Gasteiger partial charge >= 0.3 is 0 Å². The van der Waals surface area contributed by atoms with Crippen molar-refractivity contribution >= 4 is 5.91 Å². The highest BCUT2D eigenvalue weighted by Gasteiger charge is 2.45. The van der Waals surface area contributed by atoms with Crippen molar-refractivity contribution in [2.45, 2.75) is 76.7 Å². The monoisotopic (exact) mass is 342 g/mol. The summed E-state index contributed by atoms with van der Waals surface area (Å²) in [4.78, 5) is 15.3. The first kappa shape index (κ1) is 15.8. The van der Waals surface area contributed by atoms with Crippen molar-refractivity contribution < 1.29 is 4.79 Å². The molecule has 2 saturated carbocycles. The van der Waals surface area contributed by atoms with Crippen LogP contribution in [0.3, 0.4) is 0 Å². The van der Waals surface area contributed by atoms with E-state index in [1.807, 2.05) is 0 Å². The Labute approximate surface area is 150 Å². The molecule has 136 valence electrons. The smallest absolute Gasteiger partial charge is 0.225 e. The zero-order chi connectivity index (χ0) is 16.8. The number of piperidine rings is 1. The molecule has 5 rings (SSSR count). The van der Waals surface area contributed by atoms with Crippen LogP contribution in [0, 0.1) is 17.8 Å². The van der Waals surface area contributed by atoms with Gasteiger partial charge in [-0.25, -0.2) is 0 Å². The van der Waals surface area contributed by atoms with E-state index in [9.17, 15) is 4.79 Å². The minimum Gasteiger partial charge on any atom is -0.342 e. The summed E-state index contributed by atoms with van der Waals surface area (Å²) in [5.74, 6) is 5.01. The van der Waals surface area contributed by atoms with E-state index in [4.69, 9.17) is 0 Å². The maximum atomic E-state index is 13.1. The number of likely N-dealkylation sites (tertiary alicyclic amines) is 1. The Morgan fingerprint density at radius 1 is 0.960 bits per heavy atom. The quantitative estimate of drug-likeness (QED) is 0.829. The standard InChI is InChI=1S/C20H30N4O/c25-20(17-12-14-7-8-15(17)11-14)23-9-4-5-16(13-23)19-22-21-18-6-2-1-3-10-24(18)19/h14-17H,1-13H2/t14-,15-,16+,17-/m1/s1. The third kappa shape index (κ3) is 2.80. The van der Waals surface area contributed by atoms with Crippen molar-refractivity contribution in [1.82, 2.24) is 19.7 Å². The van der Waals surface area contributed by atoms with Gasteiger partial charge in [0.15, 0.2) is 0 Å². The van der Waals surface area contributed by atoms with Gasteiger partial charge in [0.1, 0.15) is 11.6 Å². The molecule has 4 aliphatic rings. The maximum absolute atomic E-state index is 13.1. The zero-order valence-electron chi connectivity index (χ0n) is 15.2.